The first-order valence-corrected chi connectivity index (χ1v) is 8.70. The topological polar surface area (TPSA) is 109 Å². The number of hydrogen-bond acceptors (Lipinski definition) is 5. The number of hydrogen-bond donors (Lipinski definition) is 2. The third-order valence-corrected chi connectivity index (χ3v) is 6.13. The number of β-lactam (4-membered cyclic amide) rings is 1. The summed E-state index contributed by atoms with van der Waals surface area (Å²) in [6, 6.07) is 3.02. The van der Waals surface area contributed by atoms with Crippen molar-refractivity contribution in [1.29, 1.82) is 0 Å². The van der Waals surface area contributed by atoms with Crippen LogP contribution in [-0.2, 0) is 20.9 Å². The minimum Gasteiger partial charge on any atom is -0.480 e. The minimum atomic E-state index is -1.05. The summed E-state index contributed by atoms with van der Waals surface area (Å²) >= 11 is 1.36. The fourth-order valence-corrected chi connectivity index (χ4v) is 4.96. The molecule has 0 aromatic carbocycles. The number of carbonyl (C=O) groups excluding carboxylic acids is 2. The number of nitrogens with zero attached hydrogens (tertiary/aromatic N) is 2. The van der Waals surface area contributed by atoms with E-state index in [9.17, 15) is 24.3 Å². The monoisotopic (exact) mass is 365 g/mol. The van der Waals surface area contributed by atoms with E-state index in [0.717, 1.165) is 0 Å². The Morgan fingerprint density at radius 3 is 2.60 bits per heavy atom. The Bertz CT molecular complexity index is 818. The molecule has 0 radical (unpaired) electrons. The Morgan fingerprint density at radius 1 is 1.32 bits per heavy atom. The lowest BCUT2D eigenvalue weighted by Crippen LogP contribution is -2.70. The lowest BCUT2D eigenvalue weighted by Gasteiger charge is -2.43. The number of thioether (sulfide) groups is 1. The molecule has 0 bridgehead atoms. The van der Waals surface area contributed by atoms with Crippen molar-refractivity contribution < 1.29 is 19.5 Å². The molecular weight excluding hydrogens is 346 g/mol. The Kier molecular flexibility index (Phi) is 4.14. The first-order chi connectivity index (χ1) is 11.6. The predicted octanol–water partition coefficient (Wildman–Crippen LogP) is -0.212. The van der Waals surface area contributed by atoms with Crippen molar-refractivity contribution in [3.05, 3.63) is 34.2 Å². The van der Waals surface area contributed by atoms with Crippen LogP contribution in [0.1, 0.15) is 19.5 Å². The molecule has 3 atom stereocenters. The second-order valence-corrected chi connectivity index (χ2v) is 8.51. The zero-order valence-electron chi connectivity index (χ0n) is 14.1. The number of amides is 2. The van der Waals surface area contributed by atoms with Crippen molar-refractivity contribution in [2.24, 2.45) is 0 Å². The van der Waals surface area contributed by atoms with Crippen LogP contribution in [-0.4, -0.2) is 54.6 Å². The molecule has 2 saturated heterocycles. The third-order valence-electron chi connectivity index (χ3n) is 4.56. The Hall–Kier alpha value is -2.29. The quantitative estimate of drug-likeness (QED) is 0.715. The van der Waals surface area contributed by atoms with Crippen LogP contribution < -0.4 is 10.9 Å². The largest absolute Gasteiger partial charge is 0.480 e. The summed E-state index contributed by atoms with van der Waals surface area (Å²) in [4.78, 5) is 49.2. The van der Waals surface area contributed by atoms with E-state index in [0.29, 0.717) is 5.69 Å². The number of aryl methyl sites for hydroxylation is 1. The summed E-state index contributed by atoms with van der Waals surface area (Å²) in [6.45, 7) is 5.08. The molecule has 0 spiro atoms. The van der Waals surface area contributed by atoms with Gasteiger partial charge in [-0.15, -0.1) is 11.8 Å². The van der Waals surface area contributed by atoms with Crippen LogP contribution in [0.15, 0.2) is 23.0 Å². The lowest BCUT2D eigenvalue weighted by atomic mass is 9.96. The maximum atomic E-state index is 12.3. The average molecular weight is 365 g/mol. The first kappa shape index (κ1) is 17.5. The fourth-order valence-electron chi connectivity index (χ4n) is 3.33. The van der Waals surface area contributed by atoms with Crippen LogP contribution in [0.2, 0.25) is 0 Å². The van der Waals surface area contributed by atoms with Crippen LogP contribution in [0, 0.1) is 6.92 Å². The molecule has 134 valence electrons. The molecule has 0 aliphatic carbocycles. The first-order valence-electron chi connectivity index (χ1n) is 7.82. The summed E-state index contributed by atoms with van der Waals surface area (Å²) in [6.07, 6.45) is 0. The zero-order valence-corrected chi connectivity index (χ0v) is 14.9. The highest BCUT2D eigenvalue weighted by Crippen LogP contribution is 2.50. The highest BCUT2D eigenvalue weighted by molar-refractivity contribution is 8.01. The van der Waals surface area contributed by atoms with Crippen LogP contribution in [0.4, 0.5) is 0 Å². The molecule has 2 N–H and O–H groups in total. The molecule has 3 rings (SSSR count). The molecule has 3 heterocycles. The summed E-state index contributed by atoms with van der Waals surface area (Å²) in [7, 11) is 0. The van der Waals surface area contributed by atoms with E-state index >= 15 is 0 Å². The predicted molar refractivity (Wildman–Crippen MR) is 91.1 cm³/mol. The highest BCUT2D eigenvalue weighted by Gasteiger charge is 2.64. The third kappa shape index (κ3) is 2.82. The van der Waals surface area contributed by atoms with Gasteiger partial charge in [-0.3, -0.25) is 14.4 Å². The van der Waals surface area contributed by atoms with Crippen molar-refractivity contribution in [1.82, 2.24) is 14.8 Å². The van der Waals surface area contributed by atoms with E-state index in [2.05, 4.69) is 5.32 Å². The van der Waals surface area contributed by atoms with Gasteiger partial charge >= 0.3 is 5.97 Å². The Labute approximate surface area is 148 Å². The summed E-state index contributed by atoms with van der Waals surface area (Å²) < 4.78 is 0.681. The number of carbonyl (C=O) groups is 3. The highest BCUT2D eigenvalue weighted by atomic mass is 32.2. The molecule has 2 amide bonds. The Balaban J connectivity index is 1.71. The maximum Gasteiger partial charge on any atom is 0.327 e. The lowest BCUT2D eigenvalue weighted by molar-refractivity contribution is -0.161. The SMILES string of the molecule is Cc1cccc(=O)n1CC(=O)N[C@@H]1C(=O)N2[C@@H]1SC(C)(C)[C@@H]2C(=O)O. The zero-order chi connectivity index (χ0) is 18.5. The normalized spacial score (nSPS) is 26.8. The van der Waals surface area contributed by atoms with Gasteiger partial charge in [-0.05, 0) is 26.8 Å². The van der Waals surface area contributed by atoms with Crippen LogP contribution in [0.25, 0.3) is 0 Å². The van der Waals surface area contributed by atoms with E-state index < -0.39 is 40.0 Å². The van der Waals surface area contributed by atoms with Crippen molar-refractivity contribution in [2.45, 2.75) is 49.5 Å². The number of aliphatic carboxylic acids is 1. The number of fused-ring (bicyclic) bond motifs is 1. The molecule has 8 nitrogen and oxygen atoms in total. The number of pyridine rings is 1. The van der Waals surface area contributed by atoms with E-state index in [4.69, 9.17) is 0 Å². The molecular formula is C16H19N3O5S. The molecule has 9 heteroatoms. The number of carboxylic acid groups (broad SMARTS) is 1. The molecule has 2 aliphatic rings. The Morgan fingerprint density at radius 2 is 2.00 bits per heavy atom. The van der Waals surface area contributed by atoms with Gasteiger partial charge in [0, 0.05) is 16.5 Å². The minimum absolute atomic E-state index is 0.182. The number of rotatable bonds is 4. The van der Waals surface area contributed by atoms with E-state index in [1.807, 2.05) is 0 Å². The molecule has 0 saturated carbocycles. The van der Waals surface area contributed by atoms with Gasteiger partial charge in [-0.25, -0.2) is 4.79 Å². The van der Waals surface area contributed by atoms with Gasteiger partial charge in [0.2, 0.25) is 11.8 Å². The molecule has 2 fully saturated rings. The van der Waals surface area contributed by atoms with Crippen LogP contribution in [0.5, 0.6) is 0 Å². The van der Waals surface area contributed by atoms with E-state index in [-0.39, 0.29) is 12.1 Å². The molecule has 2 aliphatic heterocycles. The van der Waals surface area contributed by atoms with Gasteiger partial charge in [0.25, 0.3) is 5.56 Å². The summed E-state index contributed by atoms with van der Waals surface area (Å²) in [5.74, 6) is -1.91. The number of aromatic nitrogens is 1. The molecule has 1 aromatic rings. The van der Waals surface area contributed by atoms with Gasteiger partial charge in [0.05, 0.1) is 0 Å². The molecule has 1 aromatic heterocycles. The second kappa shape index (κ2) is 5.91. The van der Waals surface area contributed by atoms with Crippen molar-refractivity contribution in [2.75, 3.05) is 0 Å². The van der Waals surface area contributed by atoms with Crippen molar-refractivity contribution >= 4 is 29.5 Å². The standard InChI is InChI=1S/C16H19N3O5S/c1-8-5-4-6-10(21)18(8)7-9(20)17-11-13(22)19-12(15(23)24)16(2,3)25-14(11)19/h4-6,11-12,14H,7H2,1-3H3,(H,17,20)(H,23,24)/t11-,12+,14-/m1/s1. The average Bonchev–Trinajstić information content (AvgIpc) is 2.77. The van der Waals surface area contributed by atoms with Gasteiger partial charge in [-0.2, -0.15) is 0 Å². The molecule has 25 heavy (non-hydrogen) atoms. The number of carboxylic acids is 1. The van der Waals surface area contributed by atoms with E-state index in [1.165, 1.54) is 27.3 Å². The number of nitrogens with one attached hydrogen (secondary N) is 1. The summed E-state index contributed by atoms with van der Waals surface area (Å²) in [5.41, 5.74) is 0.352. The molecule has 0 unspecified atom stereocenters. The second-order valence-electron chi connectivity index (χ2n) is 6.73. The van der Waals surface area contributed by atoms with Crippen molar-refractivity contribution in [3.8, 4) is 0 Å². The van der Waals surface area contributed by atoms with Gasteiger partial charge < -0.3 is 19.9 Å². The van der Waals surface area contributed by atoms with Crippen molar-refractivity contribution in [3.63, 3.8) is 0 Å². The van der Waals surface area contributed by atoms with Gasteiger partial charge in [0.15, 0.2) is 0 Å². The van der Waals surface area contributed by atoms with Gasteiger partial charge in [-0.1, -0.05) is 6.07 Å². The summed E-state index contributed by atoms with van der Waals surface area (Å²) in [5, 5.41) is 11.6. The van der Waals surface area contributed by atoms with E-state index in [1.54, 1.807) is 32.9 Å². The van der Waals surface area contributed by atoms with Gasteiger partial charge in [0.1, 0.15) is 24.0 Å². The maximum absolute atomic E-state index is 12.3. The van der Waals surface area contributed by atoms with Crippen LogP contribution >= 0.6 is 11.8 Å². The smallest absolute Gasteiger partial charge is 0.327 e. The van der Waals surface area contributed by atoms with Crippen LogP contribution in [0.3, 0.4) is 0 Å². The fraction of sp³-hybridized carbons (Fsp3) is 0.500.